The van der Waals surface area contributed by atoms with Gasteiger partial charge in [0.25, 0.3) is 0 Å². The van der Waals surface area contributed by atoms with E-state index in [-0.39, 0.29) is 6.42 Å². The third-order valence-electron chi connectivity index (χ3n) is 3.20. The third kappa shape index (κ3) is 5.07. The fraction of sp³-hybridized carbons (Fsp3) is 0.467. The van der Waals surface area contributed by atoms with Gasteiger partial charge in [0.15, 0.2) is 0 Å². The SMILES string of the molecule is CNCc1cc(OC)ccc1CC(CC(=O)O)C(=O)OC. The first-order chi connectivity index (χ1) is 10.0. The van der Waals surface area contributed by atoms with Crippen LogP contribution in [0.15, 0.2) is 18.2 Å². The summed E-state index contributed by atoms with van der Waals surface area (Å²) in [6, 6.07) is 5.52. The molecule has 0 fully saturated rings. The molecular weight excluding hydrogens is 274 g/mol. The topological polar surface area (TPSA) is 84.9 Å². The van der Waals surface area contributed by atoms with E-state index in [1.54, 1.807) is 13.2 Å². The van der Waals surface area contributed by atoms with Crippen LogP contribution in [0.2, 0.25) is 0 Å². The van der Waals surface area contributed by atoms with Crippen molar-refractivity contribution in [1.29, 1.82) is 0 Å². The fourth-order valence-electron chi connectivity index (χ4n) is 2.17. The van der Waals surface area contributed by atoms with Gasteiger partial charge in [-0.05, 0) is 36.7 Å². The number of carboxylic acid groups (broad SMARTS) is 1. The Hall–Kier alpha value is -2.08. The van der Waals surface area contributed by atoms with Crippen LogP contribution in [0.5, 0.6) is 5.75 Å². The Kier molecular flexibility index (Phi) is 6.68. The Morgan fingerprint density at radius 1 is 1.29 bits per heavy atom. The van der Waals surface area contributed by atoms with Crippen LogP contribution in [0, 0.1) is 5.92 Å². The van der Waals surface area contributed by atoms with Gasteiger partial charge < -0.3 is 19.9 Å². The largest absolute Gasteiger partial charge is 0.497 e. The second kappa shape index (κ2) is 8.26. The number of benzene rings is 1. The van der Waals surface area contributed by atoms with Gasteiger partial charge in [0.1, 0.15) is 5.75 Å². The molecule has 0 heterocycles. The number of aliphatic carboxylic acids is 1. The van der Waals surface area contributed by atoms with Gasteiger partial charge in [-0.15, -0.1) is 0 Å². The number of rotatable bonds is 8. The summed E-state index contributed by atoms with van der Waals surface area (Å²) in [4.78, 5) is 22.6. The van der Waals surface area contributed by atoms with Gasteiger partial charge >= 0.3 is 11.9 Å². The molecule has 1 aromatic rings. The molecule has 1 rings (SSSR count). The Morgan fingerprint density at radius 2 is 2.00 bits per heavy atom. The van der Waals surface area contributed by atoms with Crippen LogP contribution in [0.25, 0.3) is 0 Å². The number of methoxy groups -OCH3 is 2. The minimum atomic E-state index is -1.02. The van der Waals surface area contributed by atoms with Gasteiger partial charge in [0, 0.05) is 6.54 Å². The summed E-state index contributed by atoms with van der Waals surface area (Å²) in [5.74, 6) is -1.51. The molecule has 0 radical (unpaired) electrons. The first-order valence-corrected chi connectivity index (χ1v) is 6.61. The Morgan fingerprint density at radius 3 is 2.52 bits per heavy atom. The normalized spacial score (nSPS) is 11.8. The highest BCUT2D eigenvalue weighted by atomic mass is 16.5. The summed E-state index contributed by atoms with van der Waals surface area (Å²) >= 11 is 0. The summed E-state index contributed by atoms with van der Waals surface area (Å²) in [7, 11) is 4.66. The Bertz CT molecular complexity index is 501. The Balaban J connectivity index is 3.01. The van der Waals surface area contributed by atoms with E-state index in [1.807, 2.05) is 19.2 Å². The second-order valence-corrected chi connectivity index (χ2v) is 4.69. The zero-order valence-electron chi connectivity index (χ0n) is 12.5. The van der Waals surface area contributed by atoms with Crippen molar-refractivity contribution < 1.29 is 24.2 Å². The molecule has 0 spiro atoms. The lowest BCUT2D eigenvalue weighted by Gasteiger charge is -2.16. The Labute approximate surface area is 124 Å². The smallest absolute Gasteiger partial charge is 0.309 e. The van der Waals surface area contributed by atoms with Crippen molar-refractivity contribution in [3.63, 3.8) is 0 Å². The van der Waals surface area contributed by atoms with E-state index < -0.39 is 17.9 Å². The third-order valence-corrected chi connectivity index (χ3v) is 3.20. The molecule has 6 nitrogen and oxygen atoms in total. The lowest BCUT2D eigenvalue weighted by atomic mass is 9.93. The summed E-state index contributed by atoms with van der Waals surface area (Å²) in [6.45, 7) is 0.605. The molecule has 0 aliphatic heterocycles. The zero-order valence-corrected chi connectivity index (χ0v) is 12.5. The maximum atomic E-state index is 11.7. The average Bonchev–Trinajstić information content (AvgIpc) is 2.47. The molecule has 116 valence electrons. The molecule has 0 saturated heterocycles. The van der Waals surface area contributed by atoms with E-state index in [0.717, 1.165) is 16.9 Å². The highest BCUT2D eigenvalue weighted by Gasteiger charge is 2.24. The number of carboxylic acids is 1. The monoisotopic (exact) mass is 295 g/mol. The highest BCUT2D eigenvalue weighted by Crippen LogP contribution is 2.22. The van der Waals surface area contributed by atoms with Crippen molar-refractivity contribution >= 4 is 11.9 Å². The van der Waals surface area contributed by atoms with Crippen LogP contribution < -0.4 is 10.1 Å². The lowest BCUT2D eigenvalue weighted by Crippen LogP contribution is -2.23. The van der Waals surface area contributed by atoms with Crippen molar-refractivity contribution in [3.8, 4) is 5.75 Å². The van der Waals surface area contributed by atoms with Crippen molar-refractivity contribution in [2.75, 3.05) is 21.3 Å². The van der Waals surface area contributed by atoms with Gasteiger partial charge in [0.05, 0.1) is 26.6 Å². The zero-order chi connectivity index (χ0) is 15.8. The molecule has 1 aromatic carbocycles. The average molecular weight is 295 g/mol. The second-order valence-electron chi connectivity index (χ2n) is 4.69. The lowest BCUT2D eigenvalue weighted by molar-refractivity contribution is -0.150. The molecule has 1 atom stereocenters. The number of carbonyl (C=O) groups excluding carboxylic acids is 1. The predicted molar refractivity (Wildman–Crippen MR) is 77.2 cm³/mol. The van der Waals surface area contributed by atoms with Crippen LogP contribution >= 0.6 is 0 Å². The summed E-state index contributed by atoms with van der Waals surface area (Å²) in [5.41, 5.74) is 1.87. The first-order valence-electron chi connectivity index (χ1n) is 6.61. The van der Waals surface area contributed by atoms with Crippen LogP contribution in [0.3, 0.4) is 0 Å². The van der Waals surface area contributed by atoms with Crippen molar-refractivity contribution in [3.05, 3.63) is 29.3 Å². The molecule has 0 aliphatic rings. The standard InChI is InChI=1S/C15H21NO5/c1-16-9-12-7-13(20-2)5-4-10(12)6-11(8-14(17)18)15(19)21-3/h4-5,7,11,16H,6,8-9H2,1-3H3,(H,17,18). The fourth-order valence-corrected chi connectivity index (χ4v) is 2.17. The van der Waals surface area contributed by atoms with Gasteiger partial charge in [0.2, 0.25) is 0 Å². The van der Waals surface area contributed by atoms with Crippen molar-refractivity contribution in [2.45, 2.75) is 19.4 Å². The van der Waals surface area contributed by atoms with Crippen molar-refractivity contribution in [1.82, 2.24) is 5.32 Å². The molecule has 6 heteroatoms. The number of carbonyl (C=O) groups is 2. The maximum Gasteiger partial charge on any atom is 0.309 e. The van der Waals surface area contributed by atoms with Gasteiger partial charge in [-0.3, -0.25) is 9.59 Å². The molecule has 0 amide bonds. The molecule has 21 heavy (non-hydrogen) atoms. The van der Waals surface area contributed by atoms with E-state index in [9.17, 15) is 9.59 Å². The number of nitrogens with one attached hydrogen (secondary N) is 1. The van der Waals surface area contributed by atoms with Crippen LogP contribution in [0.1, 0.15) is 17.5 Å². The molecule has 0 saturated carbocycles. The molecule has 1 unspecified atom stereocenters. The van der Waals surface area contributed by atoms with Crippen LogP contribution in [-0.4, -0.2) is 38.3 Å². The van der Waals surface area contributed by atoms with E-state index in [4.69, 9.17) is 9.84 Å². The number of hydrogen-bond donors (Lipinski definition) is 2. The van der Waals surface area contributed by atoms with E-state index >= 15 is 0 Å². The number of esters is 1. The van der Waals surface area contributed by atoms with E-state index in [1.165, 1.54) is 7.11 Å². The van der Waals surface area contributed by atoms with Crippen LogP contribution in [0.4, 0.5) is 0 Å². The molecule has 0 bridgehead atoms. The highest BCUT2D eigenvalue weighted by molar-refractivity contribution is 5.79. The van der Waals surface area contributed by atoms with Gasteiger partial charge in [-0.2, -0.15) is 0 Å². The van der Waals surface area contributed by atoms with E-state index in [0.29, 0.717) is 13.0 Å². The molecular formula is C15H21NO5. The molecule has 2 N–H and O–H groups in total. The minimum Gasteiger partial charge on any atom is -0.497 e. The van der Waals surface area contributed by atoms with Crippen molar-refractivity contribution in [2.24, 2.45) is 5.92 Å². The van der Waals surface area contributed by atoms with Crippen LogP contribution in [-0.2, 0) is 27.3 Å². The van der Waals surface area contributed by atoms with E-state index in [2.05, 4.69) is 10.1 Å². The maximum absolute atomic E-state index is 11.7. The summed E-state index contributed by atoms with van der Waals surface area (Å²) in [6.07, 6.45) is 0.0671. The summed E-state index contributed by atoms with van der Waals surface area (Å²) < 4.78 is 9.87. The quantitative estimate of drug-likeness (QED) is 0.702. The predicted octanol–water partition coefficient (Wildman–Crippen LogP) is 1.22. The van der Waals surface area contributed by atoms with Gasteiger partial charge in [-0.1, -0.05) is 6.07 Å². The summed E-state index contributed by atoms with van der Waals surface area (Å²) in [5, 5.41) is 12.0. The number of hydrogen-bond acceptors (Lipinski definition) is 5. The molecule has 0 aliphatic carbocycles. The number of ether oxygens (including phenoxy) is 2. The van der Waals surface area contributed by atoms with Gasteiger partial charge in [-0.25, -0.2) is 0 Å². The first kappa shape index (κ1) is 17.0. The minimum absolute atomic E-state index is 0.252. The molecule has 0 aromatic heterocycles.